The first kappa shape index (κ1) is 13.7. The Balaban J connectivity index is 2.14. The molecule has 1 rings (SSSR count). The number of thiophene rings is 1. The smallest absolute Gasteiger partial charge is 0.222 e. The van der Waals surface area contributed by atoms with Gasteiger partial charge >= 0.3 is 0 Å². The average molecular weight is 304 g/mol. The summed E-state index contributed by atoms with van der Waals surface area (Å²) in [4.78, 5) is 14.9. The number of carbonyl (C=O) groups is 1. The monoisotopic (exact) mass is 303 g/mol. The van der Waals surface area contributed by atoms with Crippen LogP contribution < -0.4 is 0 Å². The molecule has 90 valence electrons. The number of halogens is 1. The summed E-state index contributed by atoms with van der Waals surface area (Å²) in [6, 6.07) is 4.19. The maximum Gasteiger partial charge on any atom is 0.222 e. The van der Waals surface area contributed by atoms with Gasteiger partial charge in [-0.15, -0.1) is 11.3 Å². The summed E-state index contributed by atoms with van der Waals surface area (Å²) in [5, 5.41) is 3.04. The van der Waals surface area contributed by atoms with Crippen molar-refractivity contribution in [2.24, 2.45) is 0 Å². The van der Waals surface area contributed by atoms with Crippen LogP contribution in [0, 0.1) is 0 Å². The van der Waals surface area contributed by atoms with Crippen LogP contribution >= 0.6 is 27.3 Å². The van der Waals surface area contributed by atoms with Crippen LogP contribution in [-0.2, 0) is 11.2 Å². The van der Waals surface area contributed by atoms with Crippen LogP contribution in [0.5, 0.6) is 0 Å². The molecule has 0 radical (unpaired) electrons. The molecule has 1 aromatic heterocycles. The van der Waals surface area contributed by atoms with E-state index in [9.17, 15) is 4.79 Å². The van der Waals surface area contributed by atoms with Crippen molar-refractivity contribution in [3.8, 4) is 0 Å². The van der Waals surface area contributed by atoms with Gasteiger partial charge in [-0.25, -0.2) is 0 Å². The highest BCUT2D eigenvalue weighted by atomic mass is 79.9. The maximum absolute atomic E-state index is 11.7. The standard InChI is InChI=1S/C12H18BrNOS/c1-14(9-4-8-13)12(15)7-2-5-11-6-3-10-16-11/h3,6,10H,2,4-5,7-9H2,1H3. The Bertz CT molecular complexity index is 300. The minimum atomic E-state index is 0.262. The number of rotatable bonds is 7. The van der Waals surface area contributed by atoms with Crippen LogP contribution in [0.15, 0.2) is 17.5 Å². The molecule has 0 aromatic carbocycles. The van der Waals surface area contributed by atoms with Crippen LogP contribution in [0.1, 0.15) is 24.1 Å². The first-order valence-corrected chi connectivity index (χ1v) is 7.56. The zero-order chi connectivity index (χ0) is 11.8. The third kappa shape index (κ3) is 5.12. The van der Waals surface area contributed by atoms with Gasteiger partial charge in [-0.05, 0) is 30.7 Å². The Morgan fingerprint density at radius 1 is 1.50 bits per heavy atom. The topological polar surface area (TPSA) is 20.3 Å². The van der Waals surface area contributed by atoms with Gasteiger partial charge in [0.25, 0.3) is 0 Å². The first-order chi connectivity index (χ1) is 7.74. The predicted molar refractivity (Wildman–Crippen MR) is 73.3 cm³/mol. The van der Waals surface area contributed by atoms with Gasteiger partial charge in [-0.1, -0.05) is 22.0 Å². The minimum Gasteiger partial charge on any atom is -0.346 e. The largest absolute Gasteiger partial charge is 0.346 e. The molecule has 1 heterocycles. The van der Waals surface area contributed by atoms with E-state index in [0.717, 1.165) is 31.1 Å². The van der Waals surface area contributed by atoms with Crippen molar-refractivity contribution < 1.29 is 4.79 Å². The van der Waals surface area contributed by atoms with E-state index in [1.807, 2.05) is 11.9 Å². The lowest BCUT2D eigenvalue weighted by Crippen LogP contribution is -2.27. The SMILES string of the molecule is CN(CCCBr)C(=O)CCCc1cccs1. The third-order valence-electron chi connectivity index (χ3n) is 2.45. The molecule has 2 nitrogen and oxygen atoms in total. The van der Waals surface area contributed by atoms with Gasteiger partial charge in [0.15, 0.2) is 0 Å². The van der Waals surface area contributed by atoms with Crippen LogP contribution in [-0.4, -0.2) is 29.7 Å². The zero-order valence-corrected chi connectivity index (χ0v) is 12.0. The van der Waals surface area contributed by atoms with Gasteiger partial charge in [0.05, 0.1) is 0 Å². The maximum atomic E-state index is 11.7. The number of aryl methyl sites for hydroxylation is 1. The van der Waals surface area contributed by atoms with Crippen molar-refractivity contribution in [3.05, 3.63) is 22.4 Å². The Kier molecular flexibility index (Phi) is 6.73. The summed E-state index contributed by atoms with van der Waals surface area (Å²) in [6.45, 7) is 0.850. The van der Waals surface area contributed by atoms with Crippen LogP contribution in [0.2, 0.25) is 0 Å². The molecule has 0 aliphatic heterocycles. The van der Waals surface area contributed by atoms with Crippen LogP contribution in [0.4, 0.5) is 0 Å². The summed E-state index contributed by atoms with van der Waals surface area (Å²) in [5.74, 6) is 0.262. The fourth-order valence-corrected chi connectivity index (χ4v) is 2.48. The molecule has 0 fully saturated rings. The second-order valence-corrected chi connectivity index (χ2v) is 5.62. The molecule has 1 aromatic rings. The molecule has 4 heteroatoms. The van der Waals surface area contributed by atoms with Crippen molar-refractivity contribution in [3.63, 3.8) is 0 Å². The van der Waals surface area contributed by atoms with Gasteiger partial charge in [0.2, 0.25) is 5.91 Å². The van der Waals surface area contributed by atoms with Gasteiger partial charge in [0.1, 0.15) is 0 Å². The van der Waals surface area contributed by atoms with Crippen molar-refractivity contribution in [1.29, 1.82) is 0 Å². The second-order valence-electron chi connectivity index (χ2n) is 3.79. The van der Waals surface area contributed by atoms with Gasteiger partial charge in [-0.3, -0.25) is 4.79 Å². The fourth-order valence-electron chi connectivity index (χ4n) is 1.48. The van der Waals surface area contributed by atoms with Crippen LogP contribution in [0.25, 0.3) is 0 Å². The van der Waals surface area contributed by atoms with Gasteiger partial charge in [0, 0.05) is 30.2 Å². The molecule has 1 amide bonds. The molecule has 0 aliphatic carbocycles. The highest BCUT2D eigenvalue weighted by molar-refractivity contribution is 9.09. The number of amides is 1. The van der Waals surface area contributed by atoms with Gasteiger partial charge < -0.3 is 4.90 Å². The van der Waals surface area contributed by atoms with Crippen molar-refractivity contribution in [1.82, 2.24) is 4.90 Å². The van der Waals surface area contributed by atoms with E-state index in [2.05, 4.69) is 33.4 Å². The summed E-state index contributed by atoms with van der Waals surface area (Å²) in [5.41, 5.74) is 0. The van der Waals surface area contributed by atoms with E-state index in [1.165, 1.54) is 4.88 Å². The molecule has 0 unspecified atom stereocenters. The molecule has 0 atom stereocenters. The van der Waals surface area contributed by atoms with E-state index < -0.39 is 0 Å². The molecular formula is C12H18BrNOS. The lowest BCUT2D eigenvalue weighted by atomic mass is 10.2. The summed E-state index contributed by atoms with van der Waals surface area (Å²) >= 11 is 5.13. The number of carbonyl (C=O) groups excluding carboxylic acids is 1. The molecule has 0 spiro atoms. The molecule has 0 saturated carbocycles. The number of hydrogen-bond acceptors (Lipinski definition) is 2. The van der Waals surface area contributed by atoms with Crippen molar-refractivity contribution >= 4 is 33.2 Å². The van der Waals surface area contributed by atoms with E-state index in [4.69, 9.17) is 0 Å². The Morgan fingerprint density at radius 2 is 2.31 bits per heavy atom. The fraction of sp³-hybridized carbons (Fsp3) is 0.583. The van der Waals surface area contributed by atoms with E-state index in [0.29, 0.717) is 6.42 Å². The Morgan fingerprint density at radius 3 is 2.94 bits per heavy atom. The Hall–Kier alpha value is -0.350. The number of hydrogen-bond donors (Lipinski definition) is 0. The number of alkyl halides is 1. The quantitative estimate of drug-likeness (QED) is 0.708. The molecule has 0 saturated heterocycles. The highest BCUT2D eigenvalue weighted by Crippen LogP contribution is 2.12. The summed E-state index contributed by atoms with van der Waals surface area (Å²) in [6.07, 6.45) is 3.66. The predicted octanol–water partition coefficient (Wildman–Crippen LogP) is 3.31. The van der Waals surface area contributed by atoms with E-state index in [-0.39, 0.29) is 5.91 Å². The summed E-state index contributed by atoms with van der Waals surface area (Å²) < 4.78 is 0. The van der Waals surface area contributed by atoms with Crippen LogP contribution in [0.3, 0.4) is 0 Å². The molecule has 16 heavy (non-hydrogen) atoms. The van der Waals surface area contributed by atoms with Crippen molar-refractivity contribution in [2.45, 2.75) is 25.7 Å². The molecule has 0 bridgehead atoms. The zero-order valence-electron chi connectivity index (χ0n) is 9.62. The first-order valence-electron chi connectivity index (χ1n) is 5.56. The second kappa shape index (κ2) is 7.85. The van der Waals surface area contributed by atoms with E-state index >= 15 is 0 Å². The minimum absolute atomic E-state index is 0.262. The lowest BCUT2D eigenvalue weighted by molar-refractivity contribution is -0.129. The average Bonchev–Trinajstić information content (AvgIpc) is 2.78. The molecule has 0 aliphatic rings. The number of nitrogens with zero attached hydrogens (tertiary/aromatic N) is 1. The Labute approximate surface area is 110 Å². The van der Waals surface area contributed by atoms with Crippen molar-refractivity contribution in [2.75, 3.05) is 18.9 Å². The van der Waals surface area contributed by atoms with E-state index in [1.54, 1.807) is 11.3 Å². The highest BCUT2D eigenvalue weighted by Gasteiger charge is 2.07. The normalized spacial score (nSPS) is 10.4. The summed E-state index contributed by atoms with van der Waals surface area (Å²) in [7, 11) is 1.89. The van der Waals surface area contributed by atoms with Gasteiger partial charge in [-0.2, -0.15) is 0 Å². The molecule has 0 N–H and O–H groups in total. The third-order valence-corrected chi connectivity index (χ3v) is 3.94. The molecular weight excluding hydrogens is 286 g/mol. The lowest BCUT2D eigenvalue weighted by Gasteiger charge is -2.16.